The van der Waals surface area contributed by atoms with Crippen LogP contribution in [0.15, 0.2) is 42.5 Å². The molecule has 108 valence electrons. The van der Waals surface area contributed by atoms with Crippen molar-refractivity contribution in [1.29, 1.82) is 0 Å². The Kier molecular flexibility index (Phi) is 5.56. The molecule has 2 rings (SSSR count). The zero-order chi connectivity index (χ0) is 15.1. The van der Waals surface area contributed by atoms with E-state index in [0.29, 0.717) is 18.0 Å². The first kappa shape index (κ1) is 15.3. The number of benzene rings is 1. The van der Waals surface area contributed by atoms with E-state index in [1.165, 1.54) is 16.9 Å². The fourth-order valence-electron chi connectivity index (χ4n) is 1.89. The van der Waals surface area contributed by atoms with Crippen molar-refractivity contribution in [3.8, 4) is 11.8 Å². The molecular formula is C17H18N2OS. The fraction of sp³-hybridized carbons (Fsp3) is 0.235. The number of hydrogen-bond acceptors (Lipinski definition) is 3. The van der Waals surface area contributed by atoms with Crippen LogP contribution in [0.25, 0.3) is 0 Å². The smallest absolute Gasteiger partial charge is 0.263 e. The van der Waals surface area contributed by atoms with Gasteiger partial charge in [0.05, 0.1) is 16.3 Å². The van der Waals surface area contributed by atoms with Gasteiger partial charge < -0.3 is 10.6 Å². The number of nitrogens with two attached hydrogens (primary N) is 1. The zero-order valence-corrected chi connectivity index (χ0v) is 12.8. The Labute approximate surface area is 129 Å². The Hall–Kier alpha value is -2.09. The second kappa shape index (κ2) is 7.63. The monoisotopic (exact) mass is 298 g/mol. The van der Waals surface area contributed by atoms with Crippen LogP contribution >= 0.6 is 11.3 Å². The van der Waals surface area contributed by atoms with E-state index in [1.807, 2.05) is 37.4 Å². The summed E-state index contributed by atoms with van der Waals surface area (Å²) in [5.74, 6) is 5.78. The molecule has 1 amide bonds. The number of nitrogens with zero attached hydrogens (tertiary/aromatic N) is 1. The van der Waals surface area contributed by atoms with E-state index in [2.05, 4.69) is 24.0 Å². The molecular weight excluding hydrogens is 280 g/mol. The Bertz CT molecular complexity index is 652. The van der Waals surface area contributed by atoms with Crippen LogP contribution in [-0.4, -0.2) is 30.9 Å². The molecule has 3 nitrogen and oxygen atoms in total. The maximum Gasteiger partial charge on any atom is 0.263 e. The topological polar surface area (TPSA) is 46.3 Å². The van der Waals surface area contributed by atoms with Gasteiger partial charge >= 0.3 is 0 Å². The van der Waals surface area contributed by atoms with Gasteiger partial charge in [-0.25, -0.2) is 0 Å². The summed E-state index contributed by atoms with van der Waals surface area (Å²) in [6.45, 7) is 1.03. The van der Waals surface area contributed by atoms with Gasteiger partial charge in [0, 0.05) is 13.6 Å². The number of likely N-dealkylation sites (N-methyl/N-ethyl adjacent to an activating group) is 1. The van der Waals surface area contributed by atoms with Crippen molar-refractivity contribution in [2.75, 3.05) is 20.1 Å². The minimum Gasteiger partial charge on any atom is -0.341 e. The largest absolute Gasteiger partial charge is 0.341 e. The average molecular weight is 298 g/mol. The highest BCUT2D eigenvalue weighted by Gasteiger charge is 2.13. The molecule has 0 radical (unpaired) electrons. The van der Waals surface area contributed by atoms with E-state index in [1.54, 1.807) is 4.90 Å². The van der Waals surface area contributed by atoms with Gasteiger partial charge in [0.2, 0.25) is 0 Å². The molecule has 1 aromatic heterocycles. The summed E-state index contributed by atoms with van der Waals surface area (Å²) in [7, 11) is 1.83. The third-order valence-electron chi connectivity index (χ3n) is 3.06. The third kappa shape index (κ3) is 4.45. The maximum absolute atomic E-state index is 12.3. The highest BCUT2D eigenvalue weighted by Crippen LogP contribution is 2.17. The molecule has 0 unspecified atom stereocenters. The van der Waals surface area contributed by atoms with Gasteiger partial charge in [-0.05, 0) is 24.1 Å². The Morgan fingerprint density at radius 2 is 2.00 bits per heavy atom. The number of amides is 1. The quantitative estimate of drug-likeness (QED) is 0.881. The lowest BCUT2D eigenvalue weighted by Gasteiger charge is -2.16. The summed E-state index contributed by atoms with van der Waals surface area (Å²) in [4.78, 5) is 15.7. The molecule has 2 aromatic rings. The Morgan fingerprint density at radius 3 is 2.71 bits per heavy atom. The van der Waals surface area contributed by atoms with Gasteiger partial charge in [0.25, 0.3) is 5.91 Å². The third-order valence-corrected chi connectivity index (χ3v) is 4.04. The second-order valence-electron chi connectivity index (χ2n) is 4.63. The van der Waals surface area contributed by atoms with E-state index in [0.717, 1.165) is 11.3 Å². The van der Waals surface area contributed by atoms with Crippen LogP contribution in [-0.2, 0) is 6.42 Å². The summed E-state index contributed by atoms with van der Waals surface area (Å²) >= 11 is 1.41. The van der Waals surface area contributed by atoms with Crippen molar-refractivity contribution < 1.29 is 4.79 Å². The van der Waals surface area contributed by atoms with Crippen molar-refractivity contribution in [3.63, 3.8) is 0 Å². The molecule has 2 N–H and O–H groups in total. The second-order valence-corrected chi connectivity index (χ2v) is 5.72. The van der Waals surface area contributed by atoms with Gasteiger partial charge in [-0.1, -0.05) is 42.2 Å². The van der Waals surface area contributed by atoms with Crippen molar-refractivity contribution in [2.45, 2.75) is 6.42 Å². The number of carbonyl (C=O) groups excluding carboxylic acids is 1. The van der Waals surface area contributed by atoms with E-state index in [4.69, 9.17) is 5.73 Å². The minimum absolute atomic E-state index is 0.0386. The van der Waals surface area contributed by atoms with E-state index < -0.39 is 0 Å². The molecule has 0 atom stereocenters. The zero-order valence-electron chi connectivity index (χ0n) is 12.0. The average Bonchev–Trinajstić information content (AvgIpc) is 2.99. The summed E-state index contributed by atoms with van der Waals surface area (Å²) in [6.07, 6.45) is 0.855. The number of hydrogen-bond donors (Lipinski definition) is 1. The van der Waals surface area contributed by atoms with Crippen LogP contribution in [0.2, 0.25) is 0 Å². The predicted octanol–water partition coefficient (Wildman–Crippen LogP) is 2.37. The Morgan fingerprint density at radius 1 is 1.24 bits per heavy atom. The maximum atomic E-state index is 12.3. The number of carbonyl (C=O) groups is 1. The van der Waals surface area contributed by atoms with Gasteiger partial charge in [-0.2, -0.15) is 0 Å². The predicted molar refractivity (Wildman–Crippen MR) is 87.4 cm³/mol. The lowest BCUT2D eigenvalue weighted by Crippen LogP contribution is -2.28. The summed E-state index contributed by atoms with van der Waals surface area (Å²) in [5, 5.41) is 0. The summed E-state index contributed by atoms with van der Waals surface area (Å²) in [6, 6.07) is 13.9. The molecule has 21 heavy (non-hydrogen) atoms. The van der Waals surface area contributed by atoms with Gasteiger partial charge in [0.1, 0.15) is 0 Å². The normalized spacial score (nSPS) is 9.81. The lowest BCUT2D eigenvalue weighted by molar-refractivity contribution is 0.0801. The van der Waals surface area contributed by atoms with Crippen LogP contribution in [0.5, 0.6) is 0 Å². The molecule has 1 aromatic carbocycles. The first-order chi connectivity index (χ1) is 10.2. The summed E-state index contributed by atoms with van der Waals surface area (Å²) in [5.41, 5.74) is 6.58. The highest BCUT2D eigenvalue weighted by atomic mass is 32.1. The fourth-order valence-corrected chi connectivity index (χ4v) is 2.76. The minimum atomic E-state index is 0.0386. The molecule has 0 aliphatic rings. The molecule has 0 fully saturated rings. The summed E-state index contributed by atoms with van der Waals surface area (Å²) < 4.78 is 0. The first-order valence-electron chi connectivity index (χ1n) is 6.79. The molecule has 0 saturated carbocycles. The van der Waals surface area contributed by atoms with Crippen molar-refractivity contribution >= 4 is 17.2 Å². The molecule has 0 aliphatic carbocycles. The van der Waals surface area contributed by atoms with Crippen LogP contribution in [0.1, 0.15) is 20.1 Å². The van der Waals surface area contributed by atoms with Crippen molar-refractivity contribution in [3.05, 3.63) is 57.8 Å². The lowest BCUT2D eigenvalue weighted by atomic mass is 10.1. The van der Waals surface area contributed by atoms with Crippen molar-refractivity contribution in [2.24, 2.45) is 5.73 Å². The number of thiophene rings is 1. The molecule has 1 heterocycles. The number of rotatable bonds is 4. The van der Waals surface area contributed by atoms with Crippen LogP contribution in [0.4, 0.5) is 0 Å². The van der Waals surface area contributed by atoms with Gasteiger partial charge in [-0.15, -0.1) is 11.3 Å². The Balaban J connectivity index is 1.94. The van der Waals surface area contributed by atoms with Crippen LogP contribution < -0.4 is 5.73 Å². The molecule has 0 spiro atoms. The van der Waals surface area contributed by atoms with E-state index in [9.17, 15) is 4.79 Å². The highest BCUT2D eigenvalue weighted by molar-refractivity contribution is 7.14. The van der Waals surface area contributed by atoms with E-state index >= 15 is 0 Å². The van der Waals surface area contributed by atoms with Gasteiger partial charge in [0.15, 0.2) is 0 Å². The molecule has 0 saturated heterocycles. The standard InChI is InChI=1S/C17H18N2OS/c1-19(13-11-14-6-3-2-4-7-14)17(20)16-10-9-15(21-16)8-5-12-18/h2-4,6-7,9-10H,11-13,18H2,1H3. The molecule has 0 aliphatic heterocycles. The van der Waals surface area contributed by atoms with Crippen LogP contribution in [0, 0.1) is 11.8 Å². The van der Waals surface area contributed by atoms with Gasteiger partial charge in [-0.3, -0.25) is 4.79 Å². The van der Waals surface area contributed by atoms with Crippen LogP contribution in [0.3, 0.4) is 0 Å². The molecule has 4 heteroatoms. The molecule has 0 bridgehead atoms. The SMILES string of the molecule is CN(CCc1ccccc1)C(=O)c1ccc(C#CCN)s1. The van der Waals surface area contributed by atoms with Crippen molar-refractivity contribution in [1.82, 2.24) is 4.90 Å². The first-order valence-corrected chi connectivity index (χ1v) is 7.60. The van der Waals surface area contributed by atoms with E-state index in [-0.39, 0.29) is 5.91 Å².